The van der Waals surface area contributed by atoms with Crippen molar-refractivity contribution in [3.05, 3.63) is 63.7 Å². The lowest BCUT2D eigenvalue weighted by Crippen LogP contribution is -2.46. The second kappa shape index (κ2) is 7.08. The van der Waals surface area contributed by atoms with Crippen LogP contribution in [0.4, 0.5) is 10.5 Å². The van der Waals surface area contributed by atoms with E-state index in [9.17, 15) is 19.7 Å². The predicted octanol–water partition coefficient (Wildman–Crippen LogP) is 2.42. The first-order valence-electron chi connectivity index (χ1n) is 9.12. The number of carbonyl (C=O) groups is 2. The van der Waals surface area contributed by atoms with Gasteiger partial charge in [0, 0.05) is 25.1 Å². The van der Waals surface area contributed by atoms with Crippen LogP contribution in [0.1, 0.15) is 18.1 Å². The molecule has 150 valence electrons. The summed E-state index contributed by atoms with van der Waals surface area (Å²) in [4.78, 5) is 36.8. The molecular weight excluding hydrogens is 378 g/mol. The zero-order chi connectivity index (χ0) is 20.6. The van der Waals surface area contributed by atoms with Gasteiger partial charge in [-0.15, -0.1) is 0 Å². The van der Waals surface area contributed by atoms with Gasteiger partial charge in [-0.1, -0.05) is 18.2 Å². The summed E-state index contributed by atoms with van der Waals surface area (Å²) in [5.41, 5.74) is 0.600. The molecule has 1 atom stereocenters. The molecule has 9 heteroatoms. The van der Waals surface area contributed by atoms with E-state index in [1.54, 1.807) is 25.1 Å². The van der Waals surface area contributed by atoms with E-state index < -0.39 is 16.5 Å². The van der Waals surface area contributed by atoms with Crippen molar-refractivity contribution in [3.63, 3.8) is 0 Å². The highest BCUT2D eigenvalue weighted by Gasteiger charge is 2.47. The molecule has 0 aromatic heterocycles. The summed E-state index contributed by atoms with van der Waals surface area (Å²) >= 11 is 0. The first kappa shape index (κ1) is 18.7. The lowest BCUT2D eigenvalue weighted by atomic mass is 9.92. The standard InChI is InChI=1S/C20H19N3O6/c1-20(11-14-4-7-16-17(10-14)29-12-28-16)18(24)22(19(25)21-20)9-8-13-2-5-15(6-3-13)23(26)27/h2-7,10H,8-9,11-12H2,1H3,(H,21,25)/t20-/m1/s1. The number of nitrogens with one attached hydrogen (secondary N) is 1. The zero-order valence-corrected chi connectivity index (χ0v) is 15.7. The number of fused-ring (bicyclic) bond motifs is 1. The fourth-order valence-electron chi connectivity index (χ4n) is 3.55. The molecule has 2 aromatic carbocycles. The number of nitro benzene ring substituents is 1. The highest BCUT2D eigenvalue weighted by atomic mass is 16.7. The Morgan fingerprint density at radius 2 is 1.79 bits per heavy atom. The minimum absolute atomic E-state index is 0.0000399. The van der Waals surface area contributed by atoms with E-state index in [0.29, 0.717) is 24.3 Å². The number of urea groups is 1. The molecule has 0 saturated carbocycles. The predicted molar refractivity (Wildman–Crippen MR) is 102 cm³/mol. The van der Waals surface area contributed by atoms with Gasteiger partial charge < -0.3 is 14.8 Å². The maximum Gasteiger partial charge on any atom is 0.325 e. The number of benzene rings is 2. The monoisotopic (exact) mass is 397 g/mol. The third kappa shape index (κ3) is 3.58. The molecule has 0 unspecified atom stereocenters. The van der Waals surface area contributed by atoms with E-state index in [1.165, 1.54) is 17.0 Å². The van der Waals surface area contributed by atoms with Crippen LogP contribution in [0.3, 0.4) is 0 Å². The average Bonchev–Trinajstić information content (AvgIpc) is 3.23. The van der Waals surface area contributed by atoms with E-state index in [0.717, 1.165) is 11.1 Å². The second-order valence-electron chi connectivity index (χ2n) is 7.26. The molecule has 1 saturated heterocycles. The van der Waals surface area contributed by atoms with Crippen LogP contribution in [-0.4, -0.2) is 40.6 Å². The van der Waals surface area contributed by atoms with Crippen molar-refractivity contribution in [1.29, 1.82) is 0 Å². The molecule has 9 nitrogen and oxygen atoms in total. The Kier molecular flexibility index (Phi) is 4.57. The third-order valence-corrected chi connectivity index (χ3v) is 5.11. The van der Waals surface area contributed by atoms with Gasteiger partial charge in [-0.2, -0.15) is 0 Å². The van der Waals surface area contributed by atoms with Gasteiger partial charge in [0.2, 0.25) is 6.79 Å². The highest BCUT2D eigenvalue weighted by Crippen LogP contribution is 2.34. The maximum atomic E-state index is 12.9. The van der Waals surface area contributed by atoms with E-state index in [1.807, 2.05) is 12.1 Å². The zero-order valence-electron chi connectivity index (χ0n) is 15.7. The van der Waals surface area contributed by atoms with Crippen molar-refractivity contribution >= 4 is 17.6 Å². The van der Waals surface area contributed by atoms with Crippen LogP contribution in [-0.2, 0) is 17.6 Å². The number of amides is 3. The number of hydrogen-bond acceptors (Lipinski definition) is 6. The fraction of sp³-hybridized carbons (Fsp3) is 0.300. The van der Waals surface area contributed by atoms with Gasteiger partial charge in [0.1, 0.15) is 5.54 Å². The molecule has 2 heterocycles. The summed E-state index contributed by atoms with van der Waals surface area (Å²) in [5, 5.41) is 13.5. The molecule has 0 bridgehead atoms. The highest BCUT2D eigenvalue weighted by molar-refractivity contribution is 6.07. The minimum atomic E-state index is -1.06. The normalized spacial score (nSPS) is 20.1. The Bertz CT molecular complexity index is 990. The lowest BCUT2D eigenvalue weighted by molar-refractivity contribution is -0.384. The number of imide groups is 1. The van der Waals surface area contributed by atoms with Crippen molar-refractivity contribution in [2.75, 3.05) is 13.3 Å². The molecule has 2 aliphatic rings. The summed E-state index contributed by atoms with van der Waals surface area (Å²) in [6.45, 7) is 2.06. The summed E-state index contributed by atoms with van der Waals surface area (Å²) in [5.74, 6) is 0.977. The SMILES string of the molecule is C[C@]1(Cc2ccc3c(c2)OCO3)NC(=O)N(CCc2ccc([N+](=O)[O-])cc2)C1=O. The van der Waals surface area contributed by atoms with Crippen LogP contribution in [0, 0.1) is 10.1 Å². The van der Waals surface area contributed by atoms with Crippen molar-refractivity contribution in [1.82, 2.24) is 10.2 Å². The van der Waals surface area contributed by atoms with Gasteiger partial charge in [0.25, 0.3) is 11.6 Å². The Balaban J connectivity index is 1.43. The van der Waals surface area contributed by atoms with E-state index >= 15 is 0 Å². The van der Waals surface area contributed by atoms with Gasteiger partial charge in [-0.05, 0) is 36.6 Å². The van der Waals surface area contributed by atoms with E-state index in [4.69, 9.17) is 9.47 Å². The van der Waals surface area contributed by atoms with Gasteiger partial charge in [-0.25, -0.2) is 4.79 Å². The summed E-state index contributed by atoms with van der Waals surface area (Å²) in [7, 11) is 0. The van der Waals surface area contributed by atoms with Crippen molar-refractivity contribution in [2.45, 2.75) is 25.3 Å². The van der Waals surface area contributed by atoms with E-state index in [2.05, 4.69) is 5.32 Å². The topological polar surface area (TPSA) is 111 Å². The maximum absolute atomic E-state index is 12.9. The van der Waals surface area contributed by atoms with Crippen LogP contribution < -0.4 is 14.8 Å². The molecule has 0 spiro atoms. The number of non-ortho nitro benzene ring substituents is 1. The molecule has 0 aliphatic carbocycles. The van der Waals surface area contributed by atoms with Crippen LogP contribution >= 0.6 is 0 Å². The second-order valence-corrected chi connectivity index (χ2v) is 7.26. The van der Waals surface area contributed by atoms with Crippen LogP contribution in [0.25, 0.3) is 0 Å². The van der Waals surface area contributed by atoms with Crippen LogP contribution in [0.5, 0.6) is 11.5 Å². The van der Waals surface area contributed by atoms with Crippen LogP contribution in [0.15, 0.2) is 42.5 Å². The van der Waals surface area contributed by atoms with Crippen molar-refractivity contribution in [3.8, 4) is 11.5 Å². The quantitative estimate of drug-likeness (QED) is 0.455. The number of nitro groups is 1. The molecule has 2 aliphatic heterocycles. The summed E-state index contributed by atoms with van der Waals surface area (Å²) in [6.07, 6.45) is 0.736. The molecule has 1 N–H and O–H groups in total. The number of nitrogens with zero attached hydrogens (tertiary/aromatic N) is 2. The third-order valence-electron chi connectivity index (χ3n) is 5.11. The Labute approximate surface area is 166 Å². The van der Waals surface area contributed by atoms with Crippen molar-refractivity contribution < 1.29 is 24.0 Å². The van der Waals surface area contributed by atoms with Gasteiger partial charge in [-0.3, -0.25) is 19.8 Å². The van der Waals surface area contributed by atoms with Gasteiger partial charge in [0.15, 0.2) is 11.5 Å². The molecule has 4 rings (SSSR count). The Morgan fingerprint density at radius 1 is 1.10 bits per heavy atom. The van der Waals surface area contributed by atoms with Crippen LogP contribution in [0.2, 0.25) is 0 Å². The molecular formula is C20H19N3O6. The minimum Gasteiger partial charge on any atom is -0.454 e. The largest absolute Gasteiger partial charge is 0.454 e. The molecule has 1 fully saturated rings. The average molecular weight is 397 g/mol. The number of ether oxygens (including phenoxy) is 2. The fourth-order valence-corrected chi connectivity index (χ4v) is 3.55. The Hall–Kier alpha value is -3.62. The lowest BCUT2D eigenvalue weighted by Gasteiger charge is -2.22. The number of rotatable bonds is 6. The Morgan fingerprint density at radius 3 is 2.52 bits per heavy atom. The molecule has 2 aromatic rings. The summed E-state index contributed by atoms with van der Waals surface area (Å²) in [6, 6.07) is 11.1. The smallest absolute Gasteiger partial charge is 0.325 e. The van der Waals surface area contributed by atoms with E-state index in [-0.39, 0.29) is 24.9 Å². The van der Waals surface area contributed by atoms with Gasteiger partial charge in [0.05, 0.1) is 4.92 Å². The molecule has 3 amide bonds. The van der Waals surface area contributed by atoms with Crippen molar-refractivity contribution in [2.24, 2.45) is 0 Å². The number of hydrogen-bond donors (Lipinski definition) is 1. The molecule has 29 heavy (non-hydrogen) atoms. The van der Waals surface area contributed by atoms with Gasteiger partial charge >= 0.3 is 6.03 Å². The first-order valence-corrected chi connectivity index (χ1v) is 9.12. The molecule has 0 radical (unpaired) electrons. The summed E-state index contributed by atoms with van der Waals surface area (Å²) < 4.78 is 10.7. The first-order chi connectivity index (χ1) is 13.9. The number of carbonyl (C=O) groups excluding carboxylic acids is 2.